The molecule has 1 atom stereocenters. The van der Waals surface area contributed by atoms with Crippen molar-refractivity contribution >= 4 is 23.6 Å². The summed E-state index contributed by atoms with van der Waals surface area (Å²) in [7, 11) is 1.60. The van der Waals surface area contributed by atoms with Gasteiger partial charge < -0.3 is 20.2 Å². The number of anilines is 1. The van der Waals surface area contributed by atoms with Crippen LogP contribution in [0.3, 0.4) is 0 Å². The third-order valence-corrected chi connectivity index (χ3v) is 3.37. The number of benzene rings is 1. The maximum atomic E-state index is 12.3. The van der Waals surface area contributed by atoms with Crippen molar-refractivity contribution in [3.8, 4) is 0 Å². The molecule has 0 spiro atoms. The number of nitrogens with one attached hydrogen (secondary N) is 1. The van der Waals surface area contributed by atoms with Gasteiger partial charge in [-0.3, -0.25) is 9.59 Å². The lowest BCUT2D eigenvalue weighted by molar-refractivity contribution is -0.146. The predicted octanol–water partition coefficient (Wildman–Crippen LogP) is 0.836. The molecule has 0 aromatic heterocycles. The van der Waals surface area contributed by atoms with Crippen LogP contribution >= 0.6 is 0 Å². The first-order valence-corrected chi connectivity index (χ1v) is 6.58. The zero-order valence-corrected chi connectivity index (χ0v) is 11.7. The van der Waals surface area contributed by atoms with E-state index >= 15 is 0 Å². The molecule has 0 saturated carbocycles. The predicted molar refractivity (Wildman–Crippen MR) is 75.8 cm³/mol. The van der Waals surface area contributed by atoms with E-state index in [0.29, 0.717) is 18.8 Å². The monoisotopic (exact) mass is 291 g/mol. The minimum Gasteiger partial charge on any atom is -0.481 e. The molecule has 0 bridgehead atoms. The number of piperazine rings is 1. The Bertz CT molecular complexity index is 546. The molecule has 1 aliphatic rings. The molecule has 1 unspecified atom stereocenters. The molecular formula is C14H17N3O4. The number of aliphatic carboxylic acids is 1. The summed E-state index contributed by atoms with van der Waals surface area (Å²) < 4.78 is 0. The fourth-order valence-corrected chi connectivity index (χ4v) is 2.23. The lowest BCUT2D eigenvalue weighted by Crippen LogP contribution is -2.59. The molecule has 1 heterocycles. The molecule has 7 nitrogen and oxygen atoms in total. The minimum atomic E-state index is -1.11. The summed E-state index contributed by atoms with van der Waals surface area (Å²) in [5.74, 6) is -1.46. The third kappa shape index (κ3) is 3.50. The average Bonchev–Trinajstić information content (AvgIpc) is 2.44. The van der Waals surface area contributed by atoms with Crippen molar-refractivity contribution in [3.63, 3.8) is 0 Å². The summed E-state index contributed by atoms with van der Waals surface area (Å²) in [6, 6.07) is 7.39. The number of carboxylic acids is 1. The van der Waals surface area contributed by atoms with Crippen molar-refractivity contribution in [2.45, 2.75) is 12.5 Å². The number of carbonyl (C=O) groups excluding carboxylic acids is 2. The summed E-state index contributed by atoms with van der Waals surface area (Å²) in [5.41, 5.74) is 0.600. The number of amides is 3. The number of urea groups is 1. The third-order valence-electron chi connectivity index (χ3n) is 3.37. The van der Waals surface area contributed by atoms with Gasteiger partial charge in [-0.15, -0.1) is 0 Å². The number of carbonyl (C=O) groups is 3. The second kappa shape index (κ2) is 6.25. The number of carboxylic acid groups (broad SMARTS) is 1. The molecule has 0 radical (unpaired) electrons. The molecule has 1 aromatic rings. The molecule has 7 heteroatoms. The highest BCUT2D eigenvalue weighted by Gasteiger charge is 2.37. The summed E-state index contributed by atoms with van der Waals surface area (Å²) in [6.07, 6.45) is -0.397. The van der Waals surface area contributed by atoms with Crippen LogP contribution in [0.15, 0.2) is 30.3 Å². The number of hydrogen-bond donors (Lipinski definition) is 2. The van der Waals surface area contributed by atoms with E-state index in [9.17, 15) is 14.4 Å². The van der Waals surface area contributed by atoms with Crippen LogP contribution in [0.4, 0.5) is 10.5 Å². The standard InChI is InChI=1S/C14H17N3O4/c1-16-7-8-17(11(13(16)20)9-12(18)19)14(21)15-10-5-3-2-4-6-10/h2-6,11H,7-9H2,1H3,(H,15,21)(H,18,19). The second-order valence-electron chi connectivity index (χ2n) is 4.86. The fraction of sp³-hybridized carbons (Fsp3) is 0.357. The highest BCUT2D eigenvalue weighted by Crippen LogP contribution is 2.16. The number of hydrogen-bond acceptors (Lipinski definition) is 3. The van der Waals surface area contributed by atoms with Crippen molar-refractivity contribution in [1.82, 2.24) is 9.80 Å². The Morgan fingerprint density at radius 3 is 2.57 bits per heavy atom. The van der Waals surface area contributed by atoms with E-state index in [1.807, 2.05) is 6.07 Å². The lowest BCUT2D eigenvalue weighted by atomic mass is 10.1. The molecular weight excluding hydrogens is 274 g/mol. The van der Waals surface area contributed by atoms with Gasteiger partial charge in [-0.25, -0.2) is 4.79 Å². The first-order chi connectivity index (χ1) is 9.99. The summed E-state index contributed by atoms with van der Waals surface area (Å²) in [5, 5.41) is 11.6. The van der Waals surface area contributed by atoms with Gasteiger partial charge >= 0.3 is 12.0 Å². The molecule has 1 saturated heterocycles. The number of rotatable bonds is 3. The van der Waals surface area contributed by atoms with Crippen molar-refractivity contribution in [3.05, 3.63) is 30.3 Å². The first kappa shape index (κ1) is 14.8. The van der Waals surface area contributed by atoms with Gasteiger partial charge in [-0.1, -0.05) is 18.2 Å². The Morgan fingerprint density at radius 1 is 1.29 bits per heavy atom. The van der Waals surface area contributed by atoms with Gasteiger partial charge in [-0.2, -0.15) is 0 Å². The van der Waals surface area contributed by atoms with E-state index in [0.717, 1.165) is 0 Å². The highest BCUT2D eigenvalue weighted by atomic mass is 16.4. The Kier molecular flexibility index (Phi) is 4.42. The van der Waals surface area contributed by atoms with E-state index in [-0.39, 0.29) is 5.91 Å². The van der Waals surface area contributed by atoms with E-state index in [4.69, 9.17) is 5.11 Å². The largest absolute Gasteiger partial charge is 0.481 e. The van der Waals surface area contributed by atoms with E-state index in [1.165, 1.54) is 9.80 Å². The van der Waals surface area contributed by atoms with Crippen LogP contribution in [0.5, 0.6) is 0 Å². The van der Waals surface area contributed by atoms with Gasteiger partial charge in [0.2, 0.25) is 5.91 Å². The van der Waals surface area contributed by atoms with E-state index in [2.05, 4.69) is 5.32 Å². The van der Waals surface area contributed by atoms with Gasteiger partial charge in [0.1, 0.15) is 6.04 Å². The maximum absolute atomic E-state index is 12.3. The highest BCUT2D eigenvalue weighted by molar-refractivity contribution is 5.96. The molecule has 112 valence electrons. The molecule has 0 aliphatic carbocycles. The molecule has 2 N–H and O–H groups in total. The quantitative estimate of drug-likeness (QED) is 0.863. The van der Waals surface area contributed by atoms with Crippen LogP contribution in [0, 0.1) is 0 Å². The molecule has 21 heavy (non-hydrogen) atoms. The Morgan fingerprint density at radius 2 is 1.95 bits per heavy atom. The first-order valence-electron chi connectivity index (χ1n) is 6.58. The van der Waals surface area contributed by atoms with E-state index in [1.54, 1.807) is 31.3 Å². The molecule has 3 amide bonds. The second-order valence-corrected chi connectivity index (χ2v) is 4.86. The van der Waals surface area contributed by atoms with Gasteiger partial charge in [0, 0.05) is 25.8 Å². The van der Waals surface area contributed by atoms with Gasteiger partial charge in [0.05, 0.1) is 6.42 Å². The van der Waals surface area contributed by atoms with Crippen molar-refractivity contribution in [2.75, 3.05) is 25.5 Å². The average molecular weight is 291 g/mol. The smallest absolute Gasteiger partial charge is 0.322 e. The summed E-state index contributed by atoms with van der Waals surface area (Å²) >= 11 is 0. The van der Waals surface area contributed by atoms with Crippen LogP contribution in [0.1, 0.15) is 6.42 Å². The lowest BCUT2D eigenvalue weighted by Gasteiger charge is -2.38. The molecule has 1 aliphatic heterocycles. The van der Waals surface area contributed by atoms with Gasteiger partial charge in [0.25, 0.3) is 0 Å². The fourth-order valence-electron chi connectivity index (χ4n) is 2.23. The topological polar surface area (TPSA) is 89.9 Å². The molecule has 1 aromatic carbocycles. The normalized spacial score (nSPS) is 18.5. The van der Waals surface area contributed by atoms with Crippen LogP contribution in [0.25, 0.3) is 0 Å². The summed E-state index contributed by atoms with van der Waals surface area (Å²) in [6.45, 7) is 0.690. The molecule has 2 rings (SSSR count). The summed E-state index contributed by atoms with van der Waals surface area (Å²) in [4.78, 5) is 38.0. The zero-order chi connectivity index (χ0) is 15.4. The van der Waals surface area contributed by atoms with Crippen LogP contribution < -0.4 is 5.32 Å². The number of para-hydroxylation sites is 1. The number of nitrogens with zero attached hydrogens (tertiary/aromatic N) is 2. The number of likely N-dealkylation sites (N-methyl/N-ethyl adjacent to an activating group) is 1. The van der Waals surface area contributed by atoms with E-state index < -0.39 is 24.5 Å². The Hall–Kier alpha value is -2.57. The van der Waals surface area contributed by atoms with Crippen molar-refractivity contribution in [1.29, 1.82) is 0 Å². The van der Waals surface area contributed by atoms with Crippen LogP contribution in [-0.2, 0) is 9.59 Å². The minimum absolute atomic E-state index is 0.304. The van der Waals surface area contributed by atoms with Gasteiger partial charge in [-0.05, 0) is 12.1 Å². The van der Waals surface area contributed by atoms with Gasteiger partial charge in [0.15, 0.2) is 0 Å². The Balaban J connectivity index is 2.13. The zero-order valence-electron chi connectivity index (χ0n) is 11.7. The SMILES string of the molecule is CN1CCN(C(=O)Nc2ccccc2)C(CC(=O)O)C1=O. The molecule has 1 fully saturated rings. The van der Waals surface area contributed by atoms with Crippen LogP contribution in [0.2, 0.25) is 0 Å². The Labute approximate surface area is 122 Å². The van der Waals surface area contributed by atoms with Crippen LogP contribution in [-0.4, -0.2) is 59.0 Å². The maximum Gasteiger partial charge on any atom is 0.322 e. The van der Waals surface area contributed by atoms with Crippen molar-refractivity contribution in [2.24, 2.45) is 0 Å². The van der Waals surface area contributed by atoms with Crippen molar-refractivity contribution < 1.29 is 19.5 Å².